The minimum Gasteiger partial charge on any atom is -0.495 e. The van der Waals surface area contributed by atoms with E-state index in [0.717, 1.165) is 9.87 Å². The first kappa shape index (κ1) is 22.4. The smallest absolute Gasteiger partial charge is 0.338 e. The number of aryl methyl sites for hydroxylation is 1. The number of pyridine rings is 1. The quantitative estimate of drug-likeness (QED) is 0.359. The summed E-state index contributed by atoms with van der Waals surface area (Å²) < 4.78 is 41.6. The van der Waals surface area contributed by atoms with Gasteiger partial charge < -0.3 is 14.0 Å². The monoisotopic (exact) mass is 446 g/mol. The van der Waals surface area contributed by atoms with Crippen LogP contribution in [0.15, 0.2) is 52.1 Å². The molecule has 0 saturated heterocycles. The molecule has 10 nitrogen and oxygen atoms in total. The van der Waals surface area contributed by atoms with Crippen molar-refractivity contribution in [2.24, 2.45) is 0 Å². The van der Waals surface area contributed by atoms with Gasteiger partial charge in [0.1, 0.15) is 10.6 Å². The summed E-state index contributed by atoms with van der Waals surface area (Å²) in [4.78, 5) is 20.6. The van der Waals surface area contributed by atoms with E-state index in [1.807, 2.05) is 6.07 Å². The van der Waals surface area contributed by atoms with E-state index in [1.54, 1.807) is 18.5 Å². The van der Waals surface area contributed by atoms with Crippen molar-refractivity contribution in [2.45, 2.75) is 17.7 Å². The fraction of sp³-hybridized carbons (Fsp3) is 0.300. The van der Waals surface area contributed by atoms with E-state index in [-0.39, 0.29) is 22.8 Å². The van der Waals surface area contributed by atoms with Gasteiger partial charge in [0.15, 0.2) is 0 Å². The molecule has 0 amide bonds. The molecule has 1 aromatic carbocycles. The Kier molecular flexibility index (Phi) is 6.98. The van der Waals surface area contributed by atoms with Crippen LogP contribution in [0, 0.1) is 0 Å². The molecule has 0 fully saturated rings. The Morgan fingerprint density at radius 1 is 1.23 bits per heavy atom. The minimum atomic E-state index is -3.79. The maximum Gasteiger partial charge on any atom is 0.338 e. The summed E-state index contributed by atoms with van der Waals surface area (Å²) in [6, 6.07) is 7.72. The van der Waals surface area contributed by atoms with Crippen molar-refractivity contribution in [3.63, 3.8) is 0 Å². The summed E-state index contributed by atoms with van der Waals surface area (Å²) in [5.41, 5.74) is 0.852. The second-order valence-corrected chi connectivity index (χ2v) is 8.77. The number of carbonyl (C=O) groups is 1. The molecule has 0 aliphatic carbocycles. The average Bonchev–Trinajstić information content (AvgIpc) is 3.25. The molecule has 0 aliphatic heterocycles. The van der Waals surface area contributed by atoms with Gasteiger partial charge in [-0.1, -0.05) is 5.16 Å². The molecule has 0 radical (unpaired) electrons. The molecule has 0 aliphatic rings. The largest absolute Gasteiger partial charge is 0.495 e. The van der Waals surface area contributed by atoms with Crippen LogP contribution < -0.4 is 4.74 Å². The van der Waals surface area contributed by atoms with Gasteiger partial charge in [0, 0.05) is 38.5 Å². The Morgan fingerprint density at radius 2 is 2.03 bits per heavy atom. The number of nitrogens with zero attached hydrogens (tertiary/aromatic N) is 4. The lowest BCUT2D eigenvalue weighted by Crippen LogP contribution is -2.23. The van der Waals surface area contributed by atoms with E-state index in [2.05, 4.69) is 15.1 Å². The van der Waals surface area contributed by atoms with Crippen molar-refractivity contribution in [3.8, 4) is 17.1 Å². The molecule has 0 atom stereocenters. The third-order valence-corrected chi connectivity index (χ3v) is 6.15. The lowest BCUT2D eigenvalue weighted by molar-refractivity contribution is 0.0498. The molecule has 0 bridgehead atoms. The summed E-state index contributed by atoms with van der Waals surface area (Å²) in [6.07, 6.45) is 4.17. The fourth-order valence-electron chi connectivity index (χ4n) is 2.64. The zero-order chi connectivity index (χ0) is 22.4. The first-order chi connectivity index (χ1) is 14.8. The molecule has 0 saturated carbocycles. The predicted octanol–water partition coefficient (Wildman–Crippen LogP) is 2.18. The number of sulfonamides is 1. The SMILES string of the molecule is COc1ccc(C(=O)OCCCc2nc(-c3cccnc3)no2)cc1S(=O)(=O)N(C)C. The Labute approximate surface area is 179 Å². The Balaban J connectivity index is 1.58. The van der Waals surface area contributed by atoms with E-state index in [0.29, 0.717) is 24.6 Å². The zero-order valence-corrected chi connectivity index (χ0v) is 18.1. The molecule has 0 N–H and O–H groups in total. The van der Waals surface area contributed by atoms with Gasteiger partial charge in [0.2, 0.25) is 21.7 Å². The number of aromatic nitrogens is 3. The van der Waals surface area contributed by atoms with E-state index < -0.39 is 16.0 Å². The van der Waals surface area contributed by atoms with Crippen LogP contribution in [0.25, 0.3) is 11.4 Å². The van der Waals surface area contributed by atoms with Crippen molar-refractivity contribution in [1.29, 1.82) is 0 Å². The number of hydrogen-bond acceptors (Lipinski definition) is 9. The Hall–Kier alpha value is -3.31. The van der Waals surface area contributed by atoms with Crippen LogP contribution in [0.3, 0.4) is 0 Å². The molecule has 2 aromatic heterocycles. The number of ether oxygens (including phenoxy) is 2. The first-order valence-electron chi connectivity index (χ1n) is 9.33. The summed E-state index contributed by atoms with van der Waals surface area (Å²) in [6.45, 7) is 0.102. The Bertz CT molecular complexity index is 1150. The van der Waals surface area contributed by atoms with Crippen LogP contribution in [0.2, 0.25) is 0 Å². The standard InChI is InChI=1S/C20H22N4O6S/c1-24(2)31(26,27)17-12-14(8-9-16(17)28-3)20(25)29-11-5-7-18-22-19(23-30-18)15-6-4-10-21-13-15/h4,6,8-10,12-13H,5,7,11H2,1-3H3. The first-order valence-corrected chi connectivity index (χ1v) is 10.8. The molecule has 0 unspecified atom stereocenters. The normalized spacial score (nSPS) is 11.5. The van der Waals surface area contributed by atoms with E-state index in [9.17, 15) is 13.2 Å². The molecule has 2 heterocycles. The Morgan fingerprint density at radius 3 is 2.71 bits per heavy atom. The van der Waals surface area contributed by atoms with Gasteiger partial charge in [-0.2, -0.15) is 4.98 Å². The highest BCUT2D eigenvalue weighted by molar-refractivity contribution is 7.89. The van der Waals surface area contributed by atoms with Crippen LogP contribution in [0.5, 0.6) is 5.75 Å². The third-order valence-electron chi connectivity index (χ3n) is 4.31. The van der Waals surface area contributed by atoms with E-state index in [1.165, 1.54) is 39.4 Å². The zero-order valence-electron chi connectivity index (χ0n) is 17.3. The lowest BCUT2D eigenvalue weighted by Gasteiger charge is -2.15. The van der Waals surface area contributed by atoms with Gasteiger partial charge in [-0.15, -0.1) is 0 Å². The highest BCUT2D eigenvalue weighted by Crippen LogP contribution is 2.27. The lowest BCUT2D eigenvalue weighted by atomic mass is 10.2. The van der Waals surface area contributed by atoms with Gasteiger partial charge in [-0.3, -0.25) is 4.98 Å². The van der Waals surface area contributed by atoms with Gasteiger partial charge >= 0.3 is 5.97 Å². The predicted molar refractivity (Wildman–Crippen MR) is 110 cm³/mol. The number of carbonyl (C=O) groups excluding carboxylic acids is 1. The number of esters is 1. The number of methoxy groups -OCH3 is 1. The van der Waals surface area contributed by atoms with Crippen LogP contribution in [0.4, 0.5) is 0 Å². The van der Waals surface area contributed by atoms with Crippen LogP contribution in [-0.4, -0.2) is 61.6 Å². The highest BCUT2D eigenvalue weighted by atomic mass is 32.2. The molecule has 0 spiro atoms. The van der Waals surface area contributed by atoms with Crippen LogP contribution in [0.1, 0.15) is 22.7 Å². The number of benzene rings is 1. The molecule has 164 valence electrons. The van der Waals surface area contributed by atoms with Gasteiger partial charge in [0.05, 0.1) is 19.3 Å². The summed E-state index contributed by atoms with van der Waals surface area (Å²) >= 11 is 0. The molecule has 11 heteroatoms. The van der Waals surface area contributed by atoms with E-state index in [4.69, 9.17) is 14.0 Å². The second kappa shape index (κ2) is 9.67. The average molecular weight is 446 g/mol. The summed E-state index contributed by atoms with van der Waals surface area (Å²) in [5, 5.41) is 3.90. The maximum atomic E-state index is 12.5. The number of hydrogen-bond donors (Lipinski definition) is 0. The molecular weight excluding hydrogens is 424 g/mol. The topological polar surface area (TPSA) is 125 Å². The minimum absolute atomic E-state index is 0.102. The summed E-state index contributed by atoms with van der Waals surface area (Å²) in [5.74, 6) is 0.358. The molecule has 31 heavy (non-hydrogen) atoms. The van der Waals surface area contributed by atoms with Crippen LogP contribution >= 0.6 is 0 Å². The van der Waals surface area contributed by atoms with Gasteiger partial charge in [-0.05, 0) is 36.8 Å². The fourth-order valence-corrected chi connectivity index (χ4v) is 3.72. The van der Waals surface area contributed by atoms with E-state index >= 15 is 0 Å². The molecule has 3 rings (SSSR count). The highest BCUT2D eigenvalue weighted by Gasteiger charge is 2.24. The van der Waals surface area contributed by atoms with Gasteiger partial charge in [0.25, 0.3) is 0 Å². The van der Waals surface area contributed by atoms with Crippen molar-refractivity contribution >= 4 is 16.0 Å². The number of rotatable bonds is 9. The van der Waals surface area contributed by atoms with Crippen molar-refractivity contribution < 1.29 is 27.2 Å². The van der Waals surface area contributed by atoms with Gasteiger partial charge in [-0.25, -0.2) is 17.5 Å². The molecular formula is C20H22N4O6S. The molecule has 3 aromatic rings. The summed E-state index contributed by atoms with van der Waals surface area (Å²) in [7, 11) is 0.371. The second-order valence-electron chi connectivity index (χ2n) is 6.65. The maximum absolute atomic E-state index is 12.5. The van der Waals surface area contributed by atoms with Crippen molar-refractivity contribution in [2.75, 3.05) is 27.8 Å². The van der Waals surface area contributed by atoms with Crippen molar-refractivity contribution in [3.05, 3.63) is 54.2 Å². The third kappa shape index (κ3) is 5.25. The van der Waals surface area contributed by atoms with Crippen LogP contribution in [-0.2, 0) is 21.2 Å². The van der Waals surface area contributed by atoms with Crippen molar-refractivity contribution in [1.82, 2.24) is 19.4 Å².